The summed E-state index contributed by atoms with van der Waals surface area (Å²) >= 11 is 0. The minimum Gasteiger partial charge on any atom is -0.496 e. The van der Waals surface area contributed by atoms with Crippen molar-refractivity contribution in [2.75, 3.05) is 7.11 Å². The number of hydrogen-bond acceptors (Lipinski definition) is 5. The number of tetrazole rings is 1. The number of amides is 1. The Labute approximate surface area is 136 Å². The molecule has 8 heteroatoms. The van der Waals surface area contributed by atoms with Gasteiger partial charge in [-0.15, -0.1) is 10.2 Å². The van der Waals surface area contributed by atoms with Gasteiger partial charge in [0.25, 0.3) is 0 Å². The Hall–Kier alpha value is -3.29. The minimum absolute atomic E-state index is 0.216. The van der Waals surface area contributed by atoms with Gasteiger partial charge in [0.1, 0.15) is 11.6 Å². The molecule has 0 spiro atoms. The molecule has 0 bridgehead atoms. The van der Waals surface area contributed by atoms with Gasteiger partial charge in [-0.2, -0.15) is 4.80 Å². The summed E-state index contributed by atoms with van der Waals surface area (Å²) in [6, 6.07) is 10.8. The van der Waals surface area contributed by atoms with Crippen molar-refractivity contribution in [3.8, 4) is 17.1 Å². The summed E-state index contributed by atoms with van der Waals surface area (Å²) < 4.78 is 18.6. The summed E-state index contributed by atoms with van der Waals surface area (Å²) in [7, 11) is 1.51. The van der Waals surface area contributed by atoms with E-state index in [1.165, 1.54) is 24.0 Å². The number of benzene rings is 2. The van der Waals surface area contributed by atoms with E-state index in [-0.39, 0.29) is 12.4 Å². The highest BCUT2D eigenvalue weighted by Gasteiger charge is 2.10. The third kappa shape index (κ3) is 3.22. The van der Waals surface area contributed by atoms with Gasteiger partial charge in [-0.1, -0.05) is 12.1 Å². The molecule has 1 amide bonds. The maximum atomic E-state index is 13.4. The first-order chi connectivity index (χ1) is 11.6. The quantitative estimate of drug-likeness (QED) is 0.768. The molecule has 0 atom stereocenters. The van der Waals surface area contributed by atoms with Crippen molar-refractivity contribution in [2.24, 2.45) is 5.73 Å². The lowest BCUT2D eigenvalue weighted by atomic mass is 10.1. The molecular formula is C16H14FN5O2. The number of halogens is 1. The van der Waals surface area contributed by atoms with Gasteiger partial charge < -0.3 is 10.5 Å². The highest BCUT2D eigenvalue weighted by Crippen LogP contribution is 2.20. The van der Waals surface area contributed by atoms with Crippen LogP contribution < -0.4 is 10.5 Å². The zero-order valence-electron chi connectivity index (χ0n) is 12.8. The number of rotatable bonds is 5. The molecule has 122 valence electrons. The van der Waals surface area contributed by atoms with Gasteiger partial charge in [-0.25, -0.2) is 4.39 Å². The average Bonchev–Trinajstić information content (AvgIpc) is 3.04. The van der Waals surface area contributed by atoms with Crippen molar-refractivity contribution in [1.82, 2.24) is 20.2 Å². The number of carbonyl (C=O) groups excluding carboxylic acids is 1. The largest absolute Gasteiger partial charge is 0.496 e. The molecule has 2 N–H and O–H groups in total. The molecule has 7 nitrogen and oxygen atoms in total. The molecule has 0 aliphatic carbocycles. The van der Waals surface area contributed by atoms with Crippen LogP contribution in [-0.4, -0.2) is 33.2 Å². The number of aromatic nitrogens is 4. The van der Waals surface area contributed by atoms with Gasteiger partial charge in [0.2, 0.25) is 11.7 Å². The smallest absolute Gasteiger partial charge is 0.248 e. The van der Waals surface area contributed by atoms with Crippen molar-refractivity contribution >= 4 is 5.91 Å². The molecule has 24 heavy (non-hydrogen) atoms. The zero-order chi connectivity index (χ0) is 17.1. The SMILES string of the molecule is COc1ccc(F)cc1Cn1nnc(-c2ccc(C(N)=O)cc2)n1. The topological polar surface area (TPSA) is 95.9 Å². The van der Waals surface area contributed by atoms with E-state index in [2.05, 4.69) is 15.4 Å². The van der Waals surface area contributed by atoms with Crippen LogP contribution in [0.4, 0.5) is 4.39 Å². The fourth-order valence-electron chi connectivity index (χ4n) is 2.23. The fraction of sp³-hybridized carbons (Fsp3) is 0.125. The molecule has 3 aromatic rings. The maximum absolute atomic E-state index is 13.4. The van der Waals surface area contributed by atoms with Crippen LogP contribution in [0.5, 0.6) is 5.75 Å². The number of nitrogens with two attached hydrogens (primary N) is 1. The van der Waals surface area contributed by atoms with Gasteiger partial charge in [-0.3, -0.25) is 4.79 Å². The van der Waals surface area contributed by atoms with Crippen LogP contribution >= 0.6 is 0 Å². The van der Waals surface area contributed by atoms with E-state index in [4.69, 9.17) is 10.5 Å². The first-order valence-corrected chi connectivity index (χ1v) is 7.07. The number of primary amides is 1. The average molecular weight is 327 g/mol. The molecule has 0 saturated heterocycles. The van der Waals surface area contributed by atoms with Gasteiger partial charge in [0, 0.05) is 16.7 Å². The molecule has 1 aromatic heterocycles. The van der Waals surface area contributed by atoms with Gasteiger partial charge in [0.15, 0.2) is 0 Å². The molecule has 1 heterocycles. The van der Waals surface area contributed by atoms with Gasteiger partial charge in [0.05, 0.1) is 13.7 Å². The molecule has 0 unspecified atom stereocenters. The summed E-state index contributed by atoms with van der Waals surface area (Å²) in [5, 5.41) is 12.2. The van der Waals surface area contributed by atoms with Crippen molar-refractivity contribution < 1.29 is 13.9 Å². The third-order valence-corrected chi connectivity index (χ3v) is 3.43. The second-order valence-electron chi connectivity index (χ2n) is 5.04. The monoisotopic (exact) mass is 327 g/mol. The maximum Gasteiger partial charge on any atom is 0.248 e. The highest BCUT2D eigenvalue weighted by atomic mass is 19.1. The second-order valence-corrected chi connectivity index (χ2v) is 5.04. The molecular weight excluding hydrogens is 313 g/mol. The Bertz CT molecular complexity index is 876. The molecule has 0 fully saturated rings. The number of ether oxygens (including phenoxy) is 1. The Kier molecular flexibility index (Phi) is 4.19. The summed E-state index contributed by atoms with van der Waals surface area (Å²) in [4.78, 5) is 12.4. The van der Waals surface area contributed by atoms with E-state index >= 15 is 0 Å². The van der Waals surface area contributed by atoms with Crippen molar-refractivity contribution in [2.45, 2.75) is 6.54 Å². The van der Waals surface area contributed by atoms with E-state index in [1.807, 2.05) is 0 Å². The molecule has 0 radical (unpaired) electrons. The van der Waals surface area contributed by atoms with Crippen molar-refractivity contribution in [3.05, 3.63) is 59.4 Å². The van der Waals surface area contributed by atoms with E-state index < -0.39 is 5.91 Å². The summed E-state index contributed by atoms with van der Waals surface area (Å²) in [6.07, 6.45) is 0. The second kappa shape index (κ2) is 6.45. The van der Waals surface area contributed by atoms with Gasteiger partial charge in [-0.05, 0) is 35.5 Å². The minimum atomic E-state index is -0.503. The van der Waals surface area contributed by atoms with Crippen LogP contribution in [-0.2, 0) is 6.54 Å². The third-order valence-electron chi connectivity index (χ3n) is 3.43. The predicted molar refractivity (Wildman–Crippen MR) is 83.8 cm³/mol. The Morgan fingerprint density at radius 2 is 2.00 bits per heavy atom. The number of carbonyl (C=O) groups is 1. The summed E-state index contributed by atoms with van der Waals surface area (Å²) in [6.45, 7) is 0.216. The Balaban J connectivity index is 1.83. The molecule has 2 aromatic carbocycles. The molecule has 0 aliphatic heterocycles. The lowest BCUT2D eigenvalue weighted by molar-refractivity contribution is 0.100. The van der Waals surface area contributed by atoms with Crippen LogP contribution in [0.15, 0.2) is 42.5 Å². The summed E-state index contributed by atoms with van der Waals surface area (Å²) in [5.74, 6) is 0.0620. The standard InChI is InChI=1S/C16H14FN5O2/c1-24-14-7-6-13(17)8-12(14)9-22-20-16(19-21-22)11-4-2-10(3-5-11)15(18)23/h2-8H,9H2,1H3,(H2,18,23). The van der Waals surface area contributed by atoms with E-state index in [1.54, 1.807) is 30.3 Å². The zero-order valence-corrected chi connectivity index (χ0v) is 12.8. The van der Waals surface area contributed by atoms with E-state index in [0.717, 1.165) is 0 Å². The van der Waals surface area contributed by atoms with Crippen molar-refractivity contribution in [3.63, 3.8) is 0 Å². The lowest BCUT2D eigenvalue weighted by Gasteiger charge is -2.07. The first-order valence-electron chi connectivity index (χ1n) is 7.07. The van der Waals surface area contributed by atoms with E-state index in [0.29, 0.717) is 28.3 Å². The van der Waals surface area contributed by atoms with Gasteiger partial charge >= 0.3 is 0 Å². The first kappa shape index (κ1) is 15.6. The van der Waals surface area contributed by atoms with Crippen LogP contribution in [0.1, 0.15) is 15.9 Å². The summed E-state index contributed by atoms with van der Waals surface area (Å²) in [5.41, 5.74) is 6.90. The normalized spacial score (nSPS) is 10.6. The Morgan fingerprint density at radius 1 is 1.25 bits per heavy atom. The number of hydrogen-bond donors (Lipinski definition) is 1. The fourth-order valence-corrected chi connectivity index (χ4v) is 2.23. The molecule has 3 rings (SSSR count). The van der Waals surface area contributed by atoms with Crippen LogP contribution in [0.2, 0.25) is 0 Å². The molecule has 0 saturated carbocycles. The predicted octanol–water partition coefficient (Wildman–Crippen LogP) is 1.64. The number of nitrogens with zero attached hydrogens (tertiary/aromatic N) is 4. The van der Waals surface area contributed by atoms with E-state index in [9.17, 15) is 9.18 Å². The van der Waals surface area contributed by atoms with Crippen LogP contribution in [0.3, 0.4) is 0 Å². The lowest BCUT2D eigenvalue weighted by Crippen LogP contribution is -2.10. The van der Waals surface area contributed by atoms with Crippen molar-refractivity contribution in [1.29, 1.82) is 0 Å². The van der Waals surface area contributed by atoms with Crippen LogP contribution in [0.25, 0.3) is 11.4 Å². The highest BCUT2D eigenvalue weighted by molar-refractivity contribution is 5.93. The molecule has 0 aliphatic rings. The van der Waals surface area contributed by atoms with Crippen LogP contribution in [0, 0.1) is 5.82 Å². The Morgan fingerprint density at radius 3 is 2.67 bits per heavy atom. The number of methoxy groups -OCH3 is 1.